The summed E-state index contributed by atoms with van der Waals surface area (Å²) in [6.07, 6.45) is 1.91. The summed E-state index contributed by atoms with van der Waals surface area (Å²) < 4.78 is 1.70. The summed E-state index contributed by atoms with van der Waals surface area (Å²) in [4.78, 5) is 29.7. The Morgan fingerprint density at radius 1 is 1.28 bits per heavy atom. The van der Waals surface area contributed by atoms with E-state index in [2.05, 4.69) is 17.2 Å². The second-order valence-corrected chi connectivity index (χ2v) is 7.24. The van der Waals surface area contributed by atoms with Gasteiger partial charge in [0.15, 0.2) is 5.16 Å². The van der Waals surface area contributed by atoms with Gasteiger partial charge in [-0.2, -0.15) is 0 Å². The fourth-order valence-corrected chi connectivity index (χ4v) is 4.31. The molecule has 0 fully saturated rings. The Kier molecular flexibility index (Phi) is 5.27. The number of carbonyl (C=O) groups is 1. The van der Waals surface area contributed by atoms with Crippen molar-refractivity contribution in [3.05, 3.63) is 51.4 Å². The molecule has 2 aromatic rings. The highest BCUT2D eigenvalue weighted by atomic mass is 32.2. The molecule has 6 heteroatoms. The molecule has 3 rings (SSSR count). The average Bonchev–Trinajstić information content (AvgIpc) is 2.98. The van der Waals surface area contributed by atoms with E-state index in [1.807, 2.05) is 38.1 Å². The molecule has 1 aliphatic rings. The second kappa shape index (κ2) is 7.44. The molecule has 0 radical (unpaired) electrons. The first-order valence-corrected chi connectivity index (χ1v) is 9.65. The van der Waals surface area contributed by atoms with Crippen LogP contribution in [-0.4, -0.2) is 21.2 Å². The lowest BCUT2D eigenvalue weighted by Crippen LogP contribution is -2.30. The van der Waals surface area contributed by atoms with Crippen molar-refractivity contribution in [1.29, 1.82) is 0 Å². The van der Waals surface area contributed by atoms with E-state index < -0.39 is 0 Å². The maximum Gasteiger partial charge on any atom is 0.257 e. The molecule has 1 unspecified atom stereocenters. The zero-order valence-corrected chi connectivity index (χ0v) is 15.7. The van der Waals surface area contributed by atoms with E-state index in [0.29, 0.717) is 12.2 Å². The number of nitrogens with one attached hydrogen (secondary N) is 1. The molecule has 132 valence electrons. The smallest absolute Gasteiger partial charge is 0.257 e. The van der Waals surface area contributed by atoms with Crippen LogP contribution in [0.4, 0.5) is 5.69 Å². The van der Waals surface area contributed by atoms with Crippen LogP contribution in [0.5, 0.6) is 0 Å². The number of benzene rings is 1. The Labute approximate surface area is 151 Å². The largest absolute Gasteiger partial charge is 0.326 e. The standard InChI is InChI=1S/C19H23N3O2S/c1-4-13-6-8-14(9-7-13)21-17(23)10-15-11-25-19-20-12(3)16(5-2)18(24)22(15)19/h6-9,15H,4-5,10-11H2,1-3H3,(H,21,23). The van der Waals surface area contributed by atoms with E-state index in [1.165, 1.54) is 5.56 Å². The number of fused-ring (bicyclic) bond motifs is 1. The number of nitrogens with zero attached hydrogens (tertiary/aromatic N) is 2. The number of aromatic nitrogens is 2. The summed E-state index contributed by atoms with van der Waals surface area (Å²) in [6, 6.07) is 7.73. The van der Waals surface area contributed by atoms with Gasteiger partial charge in [-0.3, -0.25) is 14.2 Å². The van der Waals surface area contributed by atoms with Gasteiger partial charge in [0.1, 0.15) is 0 Å². The Bertz CT molecular complexity index is 843. The number of carbonyl (C=O) groups excluding carboxylic acids is 1. The fourth-order valence-electron chi connectivity index (χ4n) is 3.13. The monoisotopic (exact) mass is 357 g/mol. The maximum atomic E-state index is 12.7. The highest BCUT2D eigenvalue weighted by Crippen LogP contribution is 2.32. The molecular formula is C19H23N3O2S. The first-order valence-electron chi connectivity index (χ1n) is 8.67. The van der Waals surface area contributed by atoms with Gasteiger partial charge in [0, 0.05) is 29.1 Å². The van der Waals surface area contributed by atoms with Crippen LogP contribution in [0.3, 0.4) is 0 Å². The van der Waals surface area contributed by atoms with E-state index in [1.54, 1.807) is 16.3 Å². The SMILES string of the molecule is CCc1ccc(NC(=O)CC2CSc3nc(C)c(CC)c(=O)n32)cc1. The summed E-state index contributed by atoms with van der Waals surface area (Å²) in [5.74, 6) is 0.630. The molecule has 0 aliphatic carbocycles. The Morgan fingerprint density at radius 3 is 2.64 bits per heavy atom. The minimum Gasteiger partial charge on any atom is -0.326 e. The van der Waals surface area contributed by atoms with Gasteiger partial charge in [-0.05, 0) is 37.5 Å². The number of amides is 1. The molecule has 0 spiro atoms. The topological polar surface area (TPSA) is 64.0 Å². The highest BCUT2D eigenvalue weighted by molar-refractivity contribution is 7.99. The van der Waals surface area contributed by atoms with Crippen LogP contribution in [0, 0.1) is 6.92 Å². The van der Waals surface area contributed by atoms with Crippen molar-refractivity contribution in [2.75, 3.05) is 11.1 Å². The minimum absolute atomic E-state index is 0.0000914. The Hall–Kier alpha value is -2.08. The molecule has 1 aromatic heterocycles. The van der Waals surface area contributed by atoms with Crippen molar-refractivity contribution in [3.63, 3.8) is 0 Å². The lowest BCUT2D eigenvalue weighted by Gasteiger charge is -2.15. The van der Waals surface area contributed by atoms with Gasteiger partial charge < -0.3 is 5.32 Å². The van der Waals surface area contributed by atoms with Crippen molar-refractivity contribution < 1.29 is 4.79 Å². The molecule has 1 amide bonds. The van der Waals surface area contributed by atoms with E-state index in [9.17, 15) is 9.59 Å². The average molecular weight is 357 g/mol. The number of aryl methyl sites for hydroxylation is 2. The quantitative estimate of drug-likeness (QED) is 0.834. The van der Waals surface area contributed by atoms with Crippen LogP contribution < -0.4 is 10.9 Å². The van der Waals surface area contributed by atoms with Gasteiger partial charge in [-0.15, -0.1) is 0 Å². The lowest BCUT2D eigenvalue weighted by atomic mass is 10.1. The van der Waals surface area contributed by atoms with Crippen molar-refractivity contribution >= 4 is 23.4 Å². The summed E-state index contributed by atoms with van der Waals surface area (Å²) in [5.41, 5.74) is 3.56. The molecule has 0 saturated heterocycles. The van der Waals surface area contributed by atoms with Gasteiger partial charge in [-0.1, -0.05) is 37.7 Å². The van der Waals surface area contributed by atoms with Crippen LogP contribution in [0.1, 0.15) is 43.1 Å². The predicted octanol–water partition coefficient (Wildman–Crippen LogP) is 3.35. The molecule has 25 heavy (non-hydrogen) atoms. The number of thioether (sulfide) groups is 1. The third-order valence-electron chi connectivity index (χ3n) is 4.57. The Balaban J connectivity index is 1.75. The first kappa shape index (κ1) is 17.7. The number of hydrogen-bond acceptors (Lipinski definition) is 4. The summed E-state index contributed by atoms with van der Waals surface area (Å²) >= 11 is 1.55. The third kappa shape index (κ3) is 3.63. The molecule has 5 nitrogen and oxygen atoms in total. The van der Waals surface area contributed by atoms with Gasteiger partial charge >= 0.3 is 0 Å². The first-order chi connectivity index (χ1) is 12.0. The molecule has 1 aliphatic heterocycles. The molecule has 1 N–H and O–H groups in total. The van der Waals surface area contributed by atoms with E-state index >= 15 is 0 Å². The van der Waals surface area contributed by atoms with Crippen molar-refractivity contribution in [2.45, 2.75) is 51.2 Å². The van der Waals surface area contributed by atoms with Crippen molar-refractivity contribution in [1.82, 2.24) is 9.55 Å². The van der Waals surface area contributed by atoms with Crippen LogP contribution in [0.25, 0.3) is 0 Å². The van der Waals surface area contributed by atoms with E-state index in [0.717, 1.165) is 28.5 Å². The fraction of sp³-hybridized carbons (Fsp3) is 0.421. The summed E-state index contributed by atoms with van der Waals surface area (Å²) in [6.45, 7) is 5.94. The minimum atomic E-state index is -0.138. The van der Waals surface area contributed by atoms with Crippen LogP contribution in [-0.2, 0) is 17.6 Å². The van der Waals surface area contributed by atoms with Crippen molar-refractivity contribution in [2.24, 2.45) is 0 Å². The van der Waals surface area contributed by atoms with Crippen LogP contribution in [0.2, 0.25) is 0 Å². The molecule has 2 heterocycles. The zero-order valence-electron chi connectivity index (χ0n) is 14.8. The summed E-state index contributed by atoms with van der Waals surface area (Å²) in [7, 11) is 0. The number of hydrogen-bond donors (Lipinski definition) is 1. The highest BCUT2D eigenvalue weighted by Gasteiger charge is 2.28. The van der Waals surface area contributed by atoms with Gasteiger partial charge in [0.05, 0.1) is 6.04 Å². The van der Waals surface area contributed by atoms with Gasteiger partial charge in [0.2, 0.25) is 5.91 Å². The molecule has 0 saturated carbocycles. The summed E-state index contributed by atoms with van der Waals surface area (Å²) in [5, 5.41) is 3.65. The van der Waals surface area contributed by atoms with E-state index in [4.69, 9.17) is 0 Å². The van der Waals surface area contributed by atoms with E-state index in [-0.39, 0.29) is 23.9 Å². The molecular weight excluding hydrogens is 334 g/mol. The normalized spacial score (nSPS) is 15.9. The second-order valence-electron chi connectivity index (χ2n) is 6.25. The van der Waals surface area contributed by atoms with Crippen LogP contribution in [0.15, 0.2) is 34.2 Å². The number of rotatable bonds is 5. The third-order valence-corrected chi connectivity index (χ3v) is 5.67. The molecule has 0 bridgehead atoms. The predicted molar refractivity (Wildman–Crippen MR) is 101 cm³/mol. The zero-order chi connectivity index (χ0) is 18.0. The maximum absolute atomic E-state index is 12.7. The number of anilines is 1. The molecule has 1 aromatic carbocycles. The van der Waals surface area contributed by atoms with Crippen molar-refractivity contribution in [3.8, 4) is 0 Å². The van der Waals surface area contributed by atoms with Gasteiger partial charge in [0.25, 0.3) is 5.56 Å². The Morgan fingerprint density at radius 2 is 2.00 bits per heavy atom. The molecule has 1 atom stereocenters. The lowest BCUT2D eigenvalue weighted by molar-refractivity contribution is -0.116. The van der Waals surface area contributed by atoms with Crippen LogP contribution >= 0.6 is 11.8 Å². The van der Waals surface area contributed by atoms with Gasteiger partial charge in [-0.25, -0.2) is 4.98 Å².